The lowest BCUT2D eigenvalue weighted by atomic mass is 9.78. The highest BCUT2D eigenvalue weighted by Crippen LogP contribution is 2.49. The maximum absolute atomic E-state index is 12.3. The molecule has 1 amide bonds. The van der Waals surface area contributed by atoms with Gasteiger partial charge in [0, 0.05) is 54.8 Å². The first-order valence-electron chi connectivity index (χ1n) is 21.8. The molecule has 4 saturated heterocycles. The molecule has 6 fully saturated rings. The van der Waals surface area contributed by atoms with E-state index in [-0.39, 0.29) is 6.09 Å². The van der Waals surface area contributed by atoms with Gasteiger partial charge >= 0.3 is 6.09 Å². The van der Waals surface area contributed by atoms with E-state index < -0.39 is 5.60 Å². The van der Waals surface area contributed by atoms with Crippen molar-refractivity contribution in [3.05, 3.63) is 84.6 Å². The predicted octanol–water partition coefficient (Wildman–Crippen LogP) is 8.97. The first-order valence-corrected chi connectivity index (χ1v) is 21.8. The summed E-state index contributed by atoms with van der Waals surface area (Å²) in [6.45, 7) is 14.8. The highest BCUT2D eigenvalue weighted by molar-refractivity contribution is 5.69. The molecule has 2 saturated carbocycles. The number of amides is 1. The molecular formula is C47H62N6O4. The fourth-order valence-electron chi connectivity index (χ4n) is 11.2. The zero-order chi connectivity index (χ0) is 39.0. The van der Waals surface area contributed by atoms with Gasteiger partial charge in [-0.3, -0.25) is 0 Å². The number of carbonyl (C=O) groups is 1. The number of nitrogens with one attached hydrogen (secondary N) is 1. The number of nitrogens with zero attached hydrogens (tertiary/aromatic N) is 5. The van der Waals surface area contributed by atoms with Gasteiger partial charge in [-0.05, 0) is 152 Å². The van der Waals surface area contributed by atoms with Crippen molar-refractivity contribution >= 4 is 6.09 Å². The second kappa shape index (κ2) is 16.0. The van der Waals surface area contributed by atoms with Crippen molar-refractivity contribution in [2.45, 2.75) is 114 Å². The van der Waals surface area contributed by atoms with E-state index in [0.29, 0.717) is 28.7 Å². The summed E-state index contributed by atoms with van der Waals surface area (Å²) in [5.74, 6) is 2.66. The van der Waals surface area contributed by atoms with Gasteiger partial charge in [-0.2, -0.15) is 0 Å². The first-order chi connectivity index (χ1) is 27.6. The lowest BCUT2D eigenvalue weighted by molar-refractivity contribution is -0.0347. The summed E-state index contributed by atoms with van der Waals surface area (Å²) in [4.78, 5) is 28.4. The molecule has 6 heterocycles. The first kappa shape index (κ1) is 38.5. The third-order valence-corrected chi connectivity index (χ3v) is 14.3. The van der Waals surface area contributed by atoms with Crippen LogP contribution in [0.25, 0.3) is 22.9 Å². The number of ether oxygens (including phenoxy) is 1. The van der Waals surface area contributed by atoms with E-state index in [0.717, 1.165) is 49.6 Å². The molecule has 2 atom stereocenters. The second-order valence-electron chi connectivity index (χ2n) is 19.2. The number of rotatable bonds is 6. The van der Waals surface area contributed by atoms with Crippen molar-refractivity contribution < 1.29 is 18.4 Å². The van der Waals surface area contributed by atoms with Crippen LogP contribution in [-0.4, -0.2) is 101 Å². The van der Waals surface area contributed by atoms with E-state index in [9.17, 15) is 4.79 Å². The number of hydrogen-bond donors (Lipinski definition) is 1. The minimum absolute atomic E-state index is 0.155. The predicted molar refractivity (Wildman–Crippen MR) is 222 cm³/mol. The molecule has 2 aromatic heterocycles. The van der Waals surface area contributed by atoms with Crippen molar-refractivity contribution in [3.63, 3.8) is 0 Å². The Morgan fingerprint density at radius 1 is 0.702 bits per heavy atom. The Kier molecular flexibility index (Phi) is 10.8. The number of oxazole rings is 2. The molecule has 4 aliphatic heterocycles. The molecule has 0 bridgehead atoms. The van der Waals surface area contributed by atoms with Gasteiger partial charge < -0.3 is 33.6 Å². The number of benzene rings is 2. The summed E-state index contributed by atoms with van der Waals surface area (Å²) in [5.41, 5.74) is 5.63. The summed E-state index contributed by atoms with van der Waals surface area (Å²) in [7, 11) is 0. The minimum Gasteiger partial charge on any atom is -0.445 e. The molecule has 10 heteroatoms. The van der Waals surface area contributed by atoms with Gasteiger partial charge in [0.15, 0.2) is 0 Å². The van der Waals surface area contributed by atoms with E-state index in [2.05, 4.69) is 73.6 Å². The molecule has 0 unspecified atom stereocenters. The number of hydrogen-bond acceptors (Lipinski definition) is 9. The zero-order valence-corrected chi connectivity index (χ0v) is 34.3. The lowest BCUT2D eigenvalue weighted by Crippen LogP contribution is -2.58. The maximum Gasteiger partial charge on any atom is 0.410 e. The number of likely N-dealkylation sites (tertiary alicyclic amines) is 3. The standard InChI is InChI=1S/C26H35N3O3.C21H27N3O/c1-25(2,3)32-24(30)29-17-26(18-29)11-8-20(16-26)28-13-9-19(10-14-28)21-6-4-5-7-22(21)23-27-12-15-31-23;1-2-4-19(20-23-9-12-25-20)18(3-1)16-6-10-24(11-7-16)17-5-8-21(13-17)14-22-15-21/h4-7,12,15,19-20H,8-11,13-14,16-18H2,1-3H3;1-4,9,12,16-17,22H,5-8,10-11,13-15H2/t20-;17-/m11/s1. The molecule has 2 spiro atoms. The molecule has 10 nitrogen and oxygen atoms in total. The van der Waals surface area contributed by atoms with Crippen LogP contribution in [0.3, 0.4) is 0 Å². The van der Waals surface area contributed by atoms with Crippen LogP contribution in [0.4, 0.5) is 4.79 Å². The Labute approximate surface area is 338 Å². The molecule has 1 N–H and O–H groups in total. The van der Waals surface area contributed by atoms with Crippen LogP contribution in [-0.2, 0) is 4.74 Å². The quantitative estimate of drug-likeness (QED) is 0.206. The molecule has 4 aromatic rings. The average Bonchev–Trinajstić information content (AvgIpc) is 4.04. The minimum atomic E-state index is -0.423. The molecular weight excluding hydrogens is 713 g/mol. The van der Waals surface area contributed by atoms with Crippen molar-refractivity contribution in [1.29, 1.82) is 0 Å². The van der Waals surface area contributed by atoms with Crippen molar-refractivity contribution in [1.82, 2.24) is 30.0 Å². The molecule has 2 aromatic carbocycles. The Morgan fingerprint density at radius 2 is 1.18 bits per heavy atom. The second-order valence-corrected chi connectivity index (χ2v) is 19.2. The molecule has 6 aliphatic rings. The third kappa shape index (κ3) is 8.32. The number of piperidine rings is 2. The van der Waals surface area contributed by atoms with Crippen LogP contribution in [0.15, 0.2) is 82.3 Å². The Balaban J connectivity index is 0.000000153. The van der Waals surface area contributed by atoms with Crippen LogP contribution in [0.5, 0.6) is 0 Å². The molecule has 10 rings (SSSR count). The zero-order valence-electron chi connectivity index (χ0n) is 34.3. The van der Waals surface area contributed by atoms with E-state index in [1.54, 1.807) is 24.9 Å². The largest absolute Gasteiger partial charge is 0.445 e. The van der Waals surface area contributed by atoms with Crippen molar-refractivity contribution in [2.75, 3.05) is 52.4 Å². The fourth-order valence-corrected chi connectivity index (χ4v) is 11.2. The molecule has 0 radical (unpaired) electrons. The lowest BCUT2D eigenvalue weighted by Gasteiger charge is -2.48. The van der Waals surface area contributed by atoms with Gasteiger partial charge in [-0.25, -0.2) is 14.8 Å². The van der Waals surface area contributed by atoms with E-state index in [1.165, 1.54) is 107 Å². The van der Waals surface area contributed by atoms with Crippen molar-refractivity contribution in [2.24, 2.45) is 10.8 Å². The number of carbonyl (C=O) groups excluding carboxylic acids is 1. The normalized spacial score (nSPS) is 25.2. The SMILES string of the molecule is CC(C)(C)OC(=O)N1CC2(CC[C@@H](N3CCC(c4ccccc4-c4ncco4)CC3)C2)C1.c1ccc(C2CCN([C@@H]3CCC4(CNC4)C3)CC2)c(-c2ncco2)c1. The Bertz CT molecular complexity index is 1930. The molecule has 57 heavy (non-hydrogen) atoms. The smallest absolute Gasteiger partial charge is 0.410 e. The maximum atomic E-state index is 12.3. The summed E-state index contributed by atoms with van der Waals surface area (Å²) in [6.07, 6.45) is 19.4. The summed E-state index contributed by atoms with van der Waals surface area (Å²) < 4.78 is 16.7. The fraction of sp³-hybridized carbons (Fsp3) is 0.596. The summed E-state index contributed by atoms with van der Waals surface area (Å²) in [6, 6.07) is 18.7. The van der Waals surface area contributed by atoms with Gasteiger partial charge in [0.25, 0.3) is 0 Å². The topological polar surface area (TPSA) is 100 Å². The highest BCUT2D eigenvalue weighted by atomic mass is 16.6. The summed E-state index contributed by atoms with van der Waals surface area (Å²) in [5, 5.41) is 3.48. The Morgan fingerprint density at radius 3 is 1.60 bits per heavy atom. The van der Waals surface area contributed by atoms with Crippen LogP contribution < -0.4 is 5.32 Å². The van der Waals surface area contributed by atoms with Crippen LogP contribution >= 0.6 is 0 Å². The van der Waals surface area contributed by atoms with Crippen molar-refractivity contribution in [3.8, 4) is 22.9 Å². The van der Waals surface area contributed by atoms with E-state index in [4.69, 9.17) is 13.6 Å². The van der Waals surface area contributed by atoms with Gasteiger partial charge in [0.2, 0.25) is 11.8 Å². The van der Waals surface area contributed by atoms with Crippen LogP contribution in [0.1, 0.15) is 108 Å². The van der Waals surface area contributed by atoms with E-state index >= 15 is 0 Å². The van der Waals surface area contributed by atoms with Crippen LogP contribution in [0, 0.1) is 10.8 Å². The Hall–Kier alpha value is -3.99. The third-order valence-electron chi connectivity index (χ3n) is 14.3. The van der Waals surface area contributed by atoms with Gasteiger partial charge in [-0.15, -0.1) is 0 Å². The number of aromatic nitrogens is 2. The average molecular weight is 775 g/mol. The monoisotopic (exact) mass is 774 g/mol. The van der Waals surface area contributed by atoms with E-state index in [1.807, 2.05) is 25.7 Å². The van der Waals surface area contributed by atoms with Gasteiger partial charge in [-0.1, -0.05) is 36.4 Å². The molecule has 304 valence electrons. The highest BCUT2D eigenvalue weighted by Gasteiger charge is 2.52. The summed E-state index contributed by atoms with van der Waals surface area (Å²) >= 11 is 0. The molecule has 2 aliphatic carbocycles. The van der Waals surface area contributed by atoms with Crippen LogP contribution in [0.2, 0.25) is 0 Å². The van der Waals surface area contributed by atoms with Gasteiger partial charge in [0.1, 0.15) is 18.1 Å². The van der Waals surface area contributed by atoms with Gasteiger partial charge in [0.05, 0.1) is 12.4 Å².